The largest absolute Gasteiger partial charge is 0.475 e. The summed E-state index contributed by atoms with van der Waals surface area (Å²) in [5.74, 6) is 1.03. The predicted molar refractivity (Wildman–Crippen MR) is 161 cm³/mol. The van der Waals surface area contributed by atoms with Crippen LogP contribution in [0.2, 0.25) is 0 Å². The van der Waals surface area contributed by atoms with Gasteiger partial charge < -0.3 is 10.5 Å². The number of anilines is 1. The highest BCUT2D eigenvalue weighted by Gasteiger charge is 2.41. The second-order valence-corrected chi connectivity index (χ2v) is 10.1. The predicted octanol–water partition coefficient (Wildman–Crippen LogP) is 6.61. The molecule has 0 fully saturated rings. The van der Waals surface area contributed by atoms with E-state index in [1.54, 1.807) is 11.0 Å². The molecule has 202 valence electrons. The molecule has 0 atom stereocenters. The van der Waals surface area contributed by atoms with Crippen LogP contribution in [0.15, 0.2) is 128 Å². The van der Waals surface area contributed by atoms with Crippen LogP contribution < -0.4 is 10.5 Å². The lowest BCUT2D eigenvalue weighted by Crippen LogP contribution is -2.39. The third-order valence-corrected chi connectivity index (χ3v) is 6.98. The number of aromatic nitrogens is 5. The van der Waals surface area contributed by atoms with Crippen molar-refractivity contribution < 1.29 is 4.74 Å². The first kappa shape index (κ1) is 26.0. The molecule has 7 heteroatoms. The molecule has 2 heterocycles. The Morgan fingerprint density at radius 3 is 1.80 bits per heavy atom. The summed E-state index contributed by atoms with van der Waals surface area (Å²) in [6.45, 7) is 3.95. The van der Waals surface area contributed by atoms with Crippen molar-refractivity contribution in [2.45, 2.75) is 25.5 Å². The van der Waals surface area contributed by atoms with Crippen LogP contribution in [0, 0.1) is 0 Å². The number of nitrogen functional groups attached to an aromatic ring is 1. The Labute approximate surface area is 239 Å². The maximum Gasteiger partial charge on any atom is 0.213 e. The van der Waals surface area contributed by atoms with E-state index in [4.69, 9.17) is 15.6 Å². The highest BCUT2D eigenvalue weighted by Crippen LogP contribution is 2.40. The van der Waals surface area contributed by atoms with E-state index in [1.807, 2.05) is 98.8 Å². The molecular formula is C34H30N6O. The molecule has 0 unspecified atom stereocenters. The summed E-state index contributed by atoms with van der Waals surface area (Å²) in [6.07, 6.45) is 1.83. The highest BCUT2D eigenvalue weighted by molar-refractivity contribution is 5.82. The number of rotatable bonds is 8. The third-order valence-electron chi connectivity index (χ3n) is 6.98. The Morgan fingerprint density at radius 2 is 1.29 bits per heavy atom. The topological polar surface area (TPSA) is 91.7 Å². The Balaban J connectivity index is 1.54. The third kappa shape index (κ3) is 4.94. The lowest BCUT2D eigenvalue weighted by atomic mass is 9.77. The lowest BCUT2D eigenvalue weighted by molar-refractivity contribution is 0.232. The first-order valence-corrected chi connectivity index (χ1v) is 13.6. The fraction of sp³-hybridized carbons (Fsp3) is 0.118. The van der Waals surface area contributed by atoms with E-state index < -0.39 is 5.54 Å². The molecule has 0 aliphatic carbocycles. The van der Waals surface area contributed by atoms with Crippen molar-refractivity contribution in [3.63, 3.8) is 0 Å². The van der Waals surface area contributed by atoms with Crippen LogP contribution in [0.3, 0.4) is 0 Å². The van der Waals surface area contributed by atoms with E-state index in [9.17, 15) is 0 Å². The summed E-state index contributed by atoms with van der Waals surface area (Å²) < 4.78 is 5.74. The minimum absolute atomic E-state index is 0.0405. The molecule has 0 saturated heterocycles. The molecule has 4 aromatic carbocycles. The van der Waals surface area contributed by atoms with E-state index in [0.29, 0.717) is 17.4 Å². The van der Waals surface area contributed by atoms with Crippen molar-refractivity contribution >= 4 is 5.69 Å². The summed E-state index contributed by atoms with van der Waals surface area (Å²) in [6, 6.07) is 40.4. The number of hydrogen-bond donors (Lipinski definition) is 1. The maximum atomic E-state index is 6.27. The fourth-order valence-corrected chi connectivity index (χ4v) is 5.20. The molecule has 0 radical (unpaired) electrons. The maximum absolute atomic E-state index is 6.27. The standard InChI is InChI=1S/C34H30N6O/c1-24(2)41-32-21-18-25(23-36-32)30-20-19-29(35)22-31(30)33-37-39-40(38-33)34(26-12-6-3-7-13-26,27-14-8-4-9-15-27)28-16-10-5-11-17-28/h3-24H,35H2,1-2H3. The van der Waals surface area contributed by atoms with Gasteiger partial charge in [-0.15, -0.1) is 15.0 Å². The highest BCUT2D eigenvalue weighted by atomic mass is 16.5. The monoisotopic (exact) mass is 538 g/mol. The fourth-order valence-electron chi connectivity index (χ4n) is 5.20. The number of tetrazole rings is 1. The SMILES string of the molecule is CC(C)Oc1ccc(-c2ccc(N)cc2-c2nnn(C(c3ccccc3)(c3ccccc3)c3ccccc3)n2)cn1. The van der Waals surface area contributed by atoms with Gasteiger partial charge in [-0.05, 0) is 59.5 Å². The molecular weight excluding hydrogens is 508 g/mol. The molecule has 7 nitrogen and oxygen atoms in total. The normalized spacial score (nSPS) is 11.5. The van der Waals surface area contributed by atoms with Crippen molar-refractivity contribution in [3.05, 3.63) is 144 Å². The summed E-state index contributed by atoms with van der Waals surface area (Å²) >= 11 is 0. The zero-order valence-corrected chi connectivity index (χ0v) is 22.9. The quantitative estimate of drug-likeness (QED) is 0.173. The number of nitrogens with two attached hydrogens (primary N) is 1. The number of ether oxygens (including phenoxy) is 1. The summed E-state index contributed by atoms with van der Waals surface area (Å²) in [5.41, 5.74) is 11.6. The smallest absolute Gasteiger partial charge is 0.213 e. The molecule has 0 spiro atoms. The molecule has 0 amide bonds. The van der Waals surface area contributed by atoms with E-state index in [2.05, 4.69) is 51.7 Å². The minimum Gasteiger partial charge on any atom is -0.475 e. The van der Waals surface area contributed by atoms with Gasteiger partial charge >= 0.3 is 0 Å². The minimum atomic E-state index is -0.868. The van der Waals surface area contributed by atoms with Gasteiger partial charge in [0.1, 0.15) is 0 Å². The van der Waals surface area contributed by atoms with Gasteiger partial charge in [0.2, 0.25) is 11.7 Å². The zero-order valence-electron chi connectivity index (χ0n) is 22.9. The molecule has 6 rings (SSSR count). The molecule has 2 aromatic heterocycles. The summed E-state index contributed by atoms with van der Waals surface area (Å²) in [7, 11) is 0. The van der Waals surface area contributed by atoms with Crippen molar-refractivity contribution in [2.24, 2.45) is 0 Å². The first-order chi connectivity index (χ1) is 20.1. The second kappa shape index (κ2) is 11.1. The van der Waals surface area contributed by atoms with Crippen LogP contribution in [-0.2, 0) is 5.54 Å². The van der Waals surface area contributed by atoms with E-state index in [1.165, 1.54) is 0 Å². The van der Waals surface area contributed by atoms with Gasteiger partial charge in [0.25, 0.3) is 0 Å². The number of benzene rings is 4. The van der Waals surface area contributed by atoms with Crippen LogP contribution >= 0.6 is 0 Å². The Morgan fingerprint density at radius 1 is 0.707 bits per heavy atom. The Bertz CT molecular complexity index is 1640. The van der Waals surface area contributed by atoms with Gasteiger partial charge in [-0.25, -0.2) is 4.98 Å². The van der Waals surface area contributed by atoms with E-state index >= 15 is 0 Å². The van der Waals surface area contributed by atoms with E-state index in [0.717, 1.165) is 33.4 Å². The first-order valence-electron chi connectivity index (χ1n) is 13.6. The molecule has 0 aliphatic heterocycles. The van der Waals surface area contributed by atoms with Gasteiger partial charge in [0.15, 0.2) is 5.54 Å². The Hall–Kier alpha value is -5.30. The lowest BCUT2D eigenvalue weighted by Gasteiger charge is -2.34. The molecule has 41 heavy (non-hydrogen) atoms. The number of nitrogens with zero attached hydrogens (tertiary/aromatic N) is 5. The van der Waals surface area contributed by atoms with Crippen LogP contribution in [-0.4, -0.2) is 31.3 Å². The average Bonchev–Trinajstić information content (AvgIpc) is 3.50. The van der Waals surface area contributed by atoms with Crippen molar-refractivity contribution in [2.75, 3.05) is 5.73 Å². The molecule has 0 saturated carbocycles. The Kier molecular flexibility index (Phi) is 7.00. The van der Waals surface area contributed by atoms with Crippen molar-refractivity contribution in [1.82, 2.24) is 25.2 Å². The zero-order chi connectivity index (χ0) is 28.2. The second-order valence-electron chi connectivity index (χ2n) is 10.1. The number of pyridine rings is 1. The molecule has 2 N–H and O–H groups in total. The average molecular weight is 539 g/mol. The van der Waals surface area contributed by atoms with Gasteiger partial charge in [-0.2, -0.15) is 0 Å². The molecule has 0 aliphatic rings. The van der Waals surface area contributed by atoms with Crippen LogP contribution in [0.1, 0.15) is 30.5 Å². The van der Waals surface area contributed by atoms with Crippen molar-refractivity contribution in [1.29, 1.82) is 0 Å². The van der Waals surface area contributed by atoms with Gasteiger partial charge in [-0.3, -0.25) is 0 Å². The van der Waals surface area contributed by atoms with Crippen LogP contribution in [0.4, 0.5) is 5.69 Å². The van der Waals surface area contributed by atoms with Gasteiger partial charge in [0, 0.05) is 29.1 Å². The van der Waals surface area contributed by atoms with Crippen LogP contribution in [0.5, 0.6) is 5.88 Å². The van der Waals surface area contributed by atoms with Gasteiger partial charge in [0.05, 0.1) is 6.10 Å². The van der Waals surface area contributed by atoms with Gasteiger partial charge in [-0.1, -0.05) is 97.1 Å². The molecule has 6 aromatic rings. The van der Waals surface area contributed by atoms with Crippen molar-refractivity contribution in [3.8, 4) is 28.4 Å². The molecule has 0 bridgehead atoms. The summed E-state index contributed by atoms with van der Waals surface area (Å²) in [5, 5.41) is 14.4. The van der Waals surface area contributed by atoms with E-state index in [-0.39, 0.29) is 6.10 Å². The summed E-state index contributed by atoms with van der Waals surface area (Å²) in [4.78, 5) is 6.22. The van der Waals surface area contributed by atoms with Crippen LogP contribution in [0.25, 0.3) is 22.5 Å². The number of hydrogen-bond acceptors (Lipinski definition) is 6.